The molecule has 22 heavy (non-hydrogen) atoms. The second-order valence-corrected chi connectivity index (χ2v) is 6.10. The Morgan fingerprint density at radius 2 is 1.86 bits per heavy atom. The molecule has 126 valence electrons. The van der Waals surface area contributed by atoms with Crippen molar-refractivity contribution in [1.29, 1.82) is 0 Å². The third kappa shape index (κ3) is 8.49. The predicted octanol–water partition coefficient (Wildman–Crippen LogP) is 2.62. The van der Waals surface area contributed by atoms with Crippen molar-refractivity contribution >= 4 is 0 Å². The van der Waals surface area contributed by atoms with Crippen molar-refractivity contribution in [3.8, 4) is 0 Å². The van der Waals surface area contributed by atoms with Crippen molar-refractivity contribution < 1.29 is 14.6 Å². The first kappa shape index (κ1) is 19.1. The number of aryl methyl sites for hydroxylation is 1. The fourth-order valence-corrected chi connectivity index (χ4v) is 2.27. The van der Waals surface area contributed by atoms with Crippen molar-refractivity contribution in [3.05, 3.63) is 35.4 Å². The van der Waals surface area contributed by atoms with Crippen LogP contribution in [0.4, 0.5) is 0 Å². The summed E-state index contributed by atoms with van der Waals surface area (Å²) in [5.74, 6) is 0. The largest absolute Gasteiger partial charge is 0.389 e. The number of hydrogen-bond donors (Lipinski definition) is 1. The van der Waals surface area contributed by atoms with E-state index in [1.54, 1.807) is 7.11 Å². The van der Waals surface area contributed by atoms with E-state index in [1.165, 1.54) is 11.1 Å². The van der Waals surface area contributed by atoms with Gasteiger partial charge < -0.3 is 14.6 Å². The maximum Gasteiger partial charge on any atom is 0.0900 e. The van der Waals surface area contributed by atoms with E-state index in [2.05, 4.69) is 36.1 Å². The van der Waals surface area contributed by atoms with Gasteiger partial charge in [-0.15, -0.1) is 0 Å². The van der Waals surface area contributed by atoms with E-state index in [0.29, 0.717) is 13.2 Å². The molecule has 0 aliphatic carbocycles. The summed E-state index contributed by atoms with van der Waals surface area (Å²) in [6, 6.07) is 8.55. The van der Waals surface area contributed by atoms with Crippen LogP contribution in [0, 0.1) is 6.92 Å². The molecule has 0 heterocycles. The highest BCUT2D eigenvalue weighted by Crippen LogP contribution is 2.09. The van der Waals surface area contributed by atoms with Crippen LogP contribution in [-0.2, 0) is 16.0 Å². The van der Waals surface area contributed by atoms with E-state index < -0.39 is 6.10 Å². The van der Waals surface area contributed by atoms with E-state index in [-0.39, 0.29) is 6.10 Å². The molecule has 1 aromatic carbocycles. The standard InChI is InChI=1S/C18H31NO3/c1-15(2)22-14-18(20)13-19(10-5-11-21-4)12-17-8-6-16(3)7-9-17/h6-9,15,18,20H,5,10-14H2,1-4H3/t18-/m1/s1. The number of nitrogens with zero attached hydrogens (tertiary/aromatic N) is 1. The molecule has 0 bridgehead atoms. The van der Waals surface area contributed by atoms with Gasteiger partial charge in [0.1, 0.15) is 0 Å². The number of ether oxygens (including phenoxy) is 2. The number of benzene rings is 1. The van der Waals surface area contributed by atoms with Crippen molar-refractivity contribution in [1.82, 2.24) is 4.90 Å². The molecule has 0 radical (unpaired) electrons. The Kier molecular flexibility index (Phi) is 9.32. The van der Waals surface area contributed by atoms with E-state index in [4.69, 9.17) is 9.47 Å². The third-order valence-electron chi connectivity index (χ3n) is 3.44. The van der Waals surface area contributed by atoms with Crippen LogP contribution < -0.4 is 0 Å². The van der Waals surface area contributed by atoms with Crippen molar-refractivity contribution in [2.45, 2.75) is 45.9 Å². The van der Waals surface area contributed by atoms with Gasteiger partial charge in [-0.25, -0.2) is 0 Å². The summed E-state index contributed by atoms with van der Waals surface area (Å²) in [7, 11) is 1.72. The minimum Gasteiger partial charge on any atom is -0.389 e. The summed E-state index contributed by atoms with van der Waals surface area (Å²) in [4.78, 5) is 2.26. The highest BCUT2D eigenvalue weighted by molar-refractivity contribution is 5.21. The lowest BCUT2D eigenvalue weighted by molar-refractivity contribution is -0.0103. The molecule has 1 N–H and O–H groups in total. The Hall–Kier alpha value is -0.940. The predicted molar refractivity (Wildman–Crippen MR) is 90.0 cm³/mol. The van der Waals surface area contributed by atoms with E-state index >= 15 is 0 Å². The van der Waals surface area contributed by atoms with Crippen molar-refractivity contribution in [2.24, 2.45) is 0 Å². The molecule has 0 aromatic heterocycles. The van der Waals surface area contributed by atoms with Crippen LogP contribution in [0.5, 0.6) is 0 Å². The normalized spacial score (nSPS) is 13.0. The van der Waals surface area contributed by atoms with Crippen LogP contribution in [0.1, 0.15) is 31.4 Å². The zero-order valence-corrected chi connectivity index (χ0v) is 14.4. The minimum absolute atomic E-state index is 0.147. The summed E-state index contributed by atoms with van der Waals surface area (Å²) < 4.78 is 10.6. The maximum absolute atomic E-state index is 10.1. The molecule has 0 spiro atoms. The molecule has 1 aromatic rings. The maximum atomic E-state index is 10.1. The molecule has 1 atom stereocenters. The number of aliphatic hydroxyl groups is 1. The molecule has 0 aliphatic rings. The minimum atomic E-state index is -0.463. The summed E-state index contributed by atoms with van der Waals surface area (Å²) in [5.41, 5.74) is 2.53. The van der Waals surface area contributed by atoms with Crippen LogP contribution in [0.25, 0.3) is 0 Å². The summed E-state index contributed by atoms with van der Waals surface area (Å²) in [5, 5.41) is 10.1. The van der Waals surface area contributed by atoms with Gasteiger partial charge in [0.05, 0.1) is 18.8 Å². The molecule has 0 unspecified atom stereocenters. The van der Waals surface area contributed by atoms with E-state index in [9.17, 15) is 5.11 Å². The molecule has 0 saturated carbocycles. The fraction of sp³-hybridized carbons (Fsp3) is 0.667. The molecule has 0 fully saturated rings. The molecule has 1 rings (SSSR count). The Bertz CT molecular complexity index is 392. The van der Waals surface area contributed by atoms with Crippen LogP contribution in [-0.4, -0.2) is 55.6 Å². The van der Waals surface area contributed by atoms with Gasteiger partial charge in [0, 0.05) is 33.4 Å². The van der Waals surface area contributed by atoms with Crippen LogP contribution in [0.3, 0.4) is 0 Å². The van der Waals surface area contributed by atoms with Crippen molar-refractivity contribution in [2.75, 3.05) is 33.4 Å². The molecular formula is C18H31NO3. The van der Waals surface area contributed by atoms with Gasteiger partial charge in [-0.2, -0.15) is 0 Å². The monoisotopic (exact) mass is 309 g/mol. The Morgan fingerprint density at radius 1 is 1.18 bits per heavy atom. The number of methoxy groups -OCH3 is 1. The number of hydrogen-bond acceptors (Lipinski definition) is 4. The van der Waals surface area contributed by atoms with Gasteiger partial charge in [-0.1, -0.05) is 29.8 Å². The fourth-order valence-electron chi connectivity index (χ4n) is 2.27. The molecule has 4 nitrogen and oxygen atoms in total. The zero-order valence-electron chi connectivity index (χ0n) is 14.4. The first-order chi connectivity index (χ1) is 10.5. The first-order valence-electron chi connectivity index (χ1n) is 8.07. The van der Waals surface area contributed by atoms with Gasteiger partial charge in [0.25, 0.3) is 0 Å². The molecule has 0 aliphatic heterocycles. The second-order valence-electron chi connectivity index (χ2n) is 6.10. The zero-order chi connectivity index (χ0) is 16.4. The summed E-state index contributed by atoms with van der Waals surface area (Å²) in [6.07, 6.45) is 0.643. The summed E-state index contributed by atoms with van der Waals surface area (Å²) in [6.45, 7) is 9.53. The quantitative estimate of drug-likeness (QED) is 0.638. The molecule has 0 amide bonds. The Balaban J connectivity index is 2.52. The van der Waals surface area contributed by atoms with E-state index in [1.807, 2.05) is 13.8 Å². The highest BCUT2D eigenvalue weighted by Gasteiger charge is 2.13. The smallest absolute Gasteiger partial charge is 0.0900 e. The lowest BCUT2D eigenvalue weighted by Crippen LogP contribution is -2.36. The van der Waals surface area contributed by atoms with Gasteiger partial charge in [-0.05, 0) is 32.8 Å². The highest BCUT2D eigenvalue weighted by atomic mass is 16.5. The number of aliphatic hydroxyl groups excluding tert-OH is 1. The third-order valence-corrected chi connectivity index (χ3v) is 3.44. The molecule has 4 heteroatoms. The van der Waals surface area contributed by atoms with Gasteiger partial charge in [0.15, 0.2) is 0 Å². The lowest BCUT2D eigenvalue weighted by atomic mass is 10.1. The average molecular weight is 309 g/mol. The first-order valence-corrected chi connectivity index (χ1v) is 8.07. The lowest BCUT2D eigenvalue weighted by Gasteiger charge is -2.25. The van der Waals surface area contributed by atoms with Crippen molar-refractivity contribution in [3.63, 3.8) is 0 Å². The van der Waals surface area contributed by atoms with Crippen LogP contribution >= 0.6 is 0 Å². The second kappa shape index (κ2) is 10.7. The topological polar surface area (TPSA) is 41.9 Å². The van der Waals surface area contributed by atoms with Crippen LogP contribution in [0.15, 0.2) is 24.3 Å². The molecule has 0 saturated heterocycles. The van der Waals surface area contributed by atoms with Gasteiger partial charge >= 0.3 is 0 Å². The van der Waals surface area contributed by atoms with Gasteiger partial charge in [0.2, 0.25) is 0 Å². The Morgan fingerprint density at radius 3 is 2.45 bits per heavy atom. The number of rotatable bonds is 11. The Labute approximate surface area is 135 Å². The molecular weight excluding hydrogens is 278 g/mol. The van der Waals surface area contributed by atoms with Gasteiger partial charge in [-0.3, -0.25) is 4.90 Å². The SMILES string of the molecule is COCCCN(Cc1ccc(C)cc1)C[C@@H](O)COC(C)C. The summed E-state index contributed by atoms with van der Waals surface area (Å²) >= 11 is 0. The average Bonchev–Trinajstić information content (AvgIpc) is 2.47. The van der Waals surface area contributed by atoms with E-state index in [0.717, 1.165) is 26.1 Å². The van der Waals surface area contributed by atoms with Crippen LogP contribution in [0.2, 0.25) is 0 Å².